The van der Waals surface area contributed by atoms with Crippen molar-refractivity contribution >= 4 is 40.0 Å². The molecule has 144 valence electrons. The van der Waals surface area contributed by atoms with Crippen LogP contribution in [0.4, 0.5) is 5.82 Å². The number of hydrogen-bond acceptors (Lipinski definition) is 6. The fraction of sp³-hybridized carbons (Fsp3) is 0.263. The third-order valence-corrected chi connectivity index (χ3v) is 5.11. The third-order valence-electron chi connectivity index (χ3n) is 4.83. The first kappa shape index (κ1) is 18.2. The summed E-state index contributed by atoms with van der Waals surface area (Å²) < 4.78 is 5.29. The number of piperazine rings is 1. The Hall–Kier alpha value is -3.13. The molecule has 1 aliphatic rings. The molecule has 4 heterocycles. The van der Waals surface area contributed by atoms with Gasteiger partial charge in [-0.05, 0) is 12.1 Å². The number of pyridine rings is 2. The summed E-state index contributed by atoms with van der Waals surface area (Å²) in [7, 11) is 1.48. The Morgan fingerprint density at radius 2 is 1.96 bits per heavy atom. The maximum absolute atomic E-state index is 12.9. The Morgan fingerprint density at radius 3 is 2.64 bits per heavy atom. The zero-order chi connectivity index (χ0) is 19.7. The average molecular weight is 400 g/mol. The van der Waals surface area contributed by atoms with Crippen molar-refractivity contribution in [1.82, 2.24) is 19.9 Å². The highest BCUT2D eigenvalue weighted by molar-refractivity contribution is 6.45. The Labute approximate surface area is 166 Å². The monoisotopic (exact) mass is 399 g/mol. The highest BCUT2D eigenvalue weighted by Crippen LogP contribution is 2.32. The lowest BCUT2D eigenvalue weighted by Crippen LogP contribution is -2.50. The lowest BCUT2D eigenvalue weighted by molar-refractivity contribution is -0.126. The number of H-pyrrole nitrogens is 1. The van der Waals surface area contributed by atoms with Crippen LogP contribution in [0, 0.1) is 0 Å². The van der Waals surface area contributed by atoms with Gasteiger partial charge in [0.05, 0.1) is 29.8 Å². The van der Waals surface area contributed by atoms with Crippen molar-refractivity contribution in [3.05, 3.63) is 47.5 Å². The van der Waals surface area contributed by atoms with E-state index < -0.39 is 11.7 Å². The second kappa shape index (κ2) is 7.47. The first-order chi connectivity index (χ1) is 13.6. The number of carbonyl (C=O) groups excluding carboxylic acids is 2. The van der Waals surface area contributed by atoms with E-state index in [0.29, 0.717) is 42.8 Å². The standard InChI is InChI=1S/C19H18ClN5O3/c1-28-13-11-23-18(20)16-15(13)12(10-22-16)17(26)19(27)25-8-6-24(7-9-25)14-4-2-3-5-21-14/h2-5,10-11,22H,6-9H2,1H3. The normalized spacial score (nSPS) is 14.4. The number of ether oxygens (including phenoxy) is 1. The molecule has 28 heavy (non-hydrogen) atoms. The molecule has 0 aliphatic carbocycles. The minimum Gasteiger partial charge on any atom is -0.494 e. The van der Waals surface area contributed by atoms with Gasteiger partial charge in [0.1, 0.15) is 11.6 Å². The smallest absolute Gasteiger partial charge is 0.295 e. The molecule has 0 aromatic carbocycles. The quantitative estimate of drug-likeness (QED) is 0.410. The fourth-order valence-electron chi connectivity index (χ4n) is 3.36. The van der Waals surface area contributed by atoms with Gasteiger partial charge in [-0.3, -0.25) is 9.59 Å². The van der Waals surface area contributed by atoms with Gasteiger partial charge in [0.25, 0.3) is 11.7 Å². The molecule has 9 heteroatoms. The molecule has 1 saturated heterocycles. The van der Waals surface area contributed by atoms with E-state index >= 15 is 0 Å². The lowest BCUT2D eigenvalue weighted by Gasteiger charge is -2.35. The van der Waals surface area contributed by atoms with Crippen molar-refractivity contribution in [3.63, 3.8) is 0 Å². The largest absolute Gasteiger partial charge is 0.494 e. The van der Waals surface area contributed by atoms with Crippen LogP contribution >= 0.6 is 11.6 Å². The van der Waals surface area contributed by atoms with Gasteiger partial charge in [-0.25, -0.2) is 9.97 Å². The summed E-state index contributed by atoms with van der Waals surface area (Å²) >= 11 is 6.09. The molecule has 0 atom stereocenters. The van der Waals surface area contributed by atoms with E-state index in [1.165, 1.54) is 19.5 Å². The molecule has 8 nitrogen and oxygen atoms in total. The zero-order valence-corrected chi connectivity index (χ0v) is 15.9. The van der Waals surface area contributed by atoms with Gasteiger partial charge >= 0.3 is 0 Å². The van der Waals surface area contributed by atoms with E-state index in [0.717, 1.165) is 5.82 Å². The molecule has 0 spiro atoms. The molecule has 0 saturated carbocycles. The van der Waals surface area contributed by atoms with Crippen LogP contribution in [0.3, 0.4) is 0 Å². The summed E-state index contributed by atoms with van der Waals surface area (Å²) in [6, 6.07) is 5.71. The number of halogens is 1. The number of aromatic amines is 1. The molecule has 1 aliphatic heterocycles. The Bertz CT molecular complexity index is 1030. The number of anilines is 1. The van der Waals surface area contributed by atoms with Gasteiger partial charge in [0, 0.05) is 38.6 Å². The van der Waals surface area contributed by atoms with Crippen LogP contribution in [0.25, 0.3) is 10.9 Å². The minimum atomic E-state index is -0.599. The first-order valence-corrected chi connectivity index (χ1v) is 9.17. The number of nitrogens with zero attached hydrogens (tertiary/aromatic N) is 4. The fourth-order valence-corrected chi connectivity index (χ4v) is 3.56. The summed E-state index contributed by atoms with van der Waals surface area (Å²) in [6.07, 6.45) is 4.65. The maximum atomic E-state index is 12.9. The Morgan fingerprint density at radius 1 is 1.18 bits per heavy atom. The van der Waals surface area contributed by atoms with Crippen molar-refractivity contribution in [3.8, 4) is 5.75 Å². The number of carbonyl (C=O) groups is 2. The van der Waals surface area contributed by atoms with Crippen molar-refractivity contribution in [2.75, 3.05) is 38.2 Å². The van der Waals surface area contributed by atoms with E-state index in [-0.39, 0.29) is 10.7 Å². The predicted molar refractivity (Wildman–Crippen MR) is 105 cm³/mol. The zero-order valence-electron chi connectivity index (χ0n) is 15.2. The van der Waals surface area contributed by atoms with Gasteiger partial charge in [-0.2, -0.15) is 0 Å². The van der Waals surface area contributed by atoms with Crippen molar-refractivity contribution in [2.24, 2.45) is 0 Å². The Balaban J connectivity index is 1.53. The van der Waals surface area contributed by atoms with Crippen LogP contribution in [0.15, 0.2) is 36.8 Å². The first-order valence-electron chi connectivity index (χ1n) is 8.79. The SMILES string of the molecule is COc1cnc(Cl)c2[nH]cc(C(=O)C(=O)N3CCN(c4ccccn4)CC3)c12. The number of ketones is 1. The molecule has 1 N–H and O–H groups in total. The molecule has 0 radical (unpaired) electrons. The second-order valence-electron chi connectivity index (χ2n) is 6.37. The molecule has 4 rings (SSSR count). The molecule has 3 aromatic rings. The molecule has 3 aromatic heterocycles. The van der Waals surface area contributed by atoms with Gasteiger partial charge < -0.3 is 19.5 Å². The van der Waals surface area contributed by atoms with Crippen LogP contribution in [0.2, 0.25) is 5.15 Å². The van der Waals surface area contributed by atoms with Crippen molar-refractivity contribution in [2.45, 2.75) is 0 Å². The van der Waals surface area contributed by atoms with E-state index in [4.69, 9.17) is 16.3 Å². The topological polar surface area (TPSA) is 91.4 Å². The number of fused-ring (bicyclic) bond motifs is 1. The maximum Gasteiger partial charge on any atom is 0.295 e. The number of aromatic nitrogens is 3. The highest BCUT2D eigenvalue weighted by atomic mass is 35.5. The minimum absolute atomic E-state index is 0.214. The van der Waals surface area contributed by atoms with Crippen LogP contribution in [0.1, 0.15) is 10.4 Å². The van der Waals surface area contributed by atoms with Crippen molar-refractivity contribution in [1.29, 1.82) is 0 Å². The molecule has 0 bridgehead atoms. The number of amides is 1. The average Bonchev–Trinajstić information content (AvgIpc) is 3.20. The molecule has 1 fully saturated rings. The van der Waals surface area contributed by atoms with E-state index in [1.807, 2.05) is 18.2 Å². The van der Waals surface area contributed by atoms with Gasteiger partial charge in [-0.15, -0.1) is 0 Å². The third kappa shape index (κ3) is 3.16. The predicted octanol–water partition coefficient (Wildman–Crippen LogP) is 2.15. The van der Waals surface area contributed by atoms with Crippen LogP contribution in [-0.4, -0.2) is 64.8 Å². The number of Topliss-reactive ketones (excluding diaryl/α,β-unsaturated/α-hetero) is 1. The molecular weight excluding hydrogens is 382 g/mol. The lowest BCUT2D eigenvalue weighted by atomic mass is 10.1. The van der Waals surface area contributed by atoms with E-state index in [1.54, 1.807) is 11.1 Å². The van der Waals surface area contributed by atoms with E-state index in [9.17, 15) is 9.59 Å². The van der Waals surface area contributed by atoms with Gasteiger partial charge in [0.2, 0.25) is 0 Å². The summed E-state index contributed by atoms with van der Waals surface area (Å²) in [4.78, 5) is 40.6. The van der Waals surface area contributed by atoms with E-state index in [2.05, 4.69) is 19.9 Å². The number of nitrogens with one attached hydrogen (secondary N) is 1. The number of methoxy groups -OCH3 is 1. The molecule has 0 unspecified atom stereocenters. The van der Waals surface area contributed by atoms with Gasteiger partial charge in [-0.1, -0.05) is 17.7 Å². The van der Waals surface area contributed by atoms with Crippen LogP contribution in [-0.2, 0) is 4.79 Å². The summed E-state index contributed by atoms with van der Waals surface area (Å²) in [5.41, 5.74) is 0.699. The molecular formula is C19H18ClN5O3. The second-order valence-corrected chi connectivity index (χ2v) is 6.72. The van der Waals surface area contributed by atoms with Crippen molar-refractivity contribution < 1.29 is 14.3 Å². The van der Waals surface area contributed by atoms with Crippen LogP contribution < -0.4 is 9.64 Å². The van der Waals surface area contributed by atoms with Crippen LogP contribution in [0.5, 0.6) is 5.75 Å². The number of hydrogen-bond donors (Lipinski definition) is 1. The summed E-state index contributed by atoms with van der Waals surface area (Å²) in [5.74, 6) is 0.107. The highest BCUT2D eigenvalue weighted by Gasteiger charge is 2.30. The summed E-state index contributed by atoms with van der Waals surface area (Å²) in [5, 5.41) is 0.680. The van der Waals surface area contributed by atoms with Gasteiger partial charge in [0.15, 0.2) is 5.15 Å². The summed E-state index contributed by atoms with van der Waals surface area (Å²) in [6.45, 7) is 2.12. The number of rotatable bonds is 4. The Kier molecular flexibility index (Phi) is 4.87. The molecule has 1 amide bonds.